The lowest BCUT2D eigenvalue weighted by Crippen LogP contribution is -2.30. The van der Waals surface area contributed by atoms with E-state index >= 15 is 0 Å². The summed E-state index contributed by atoms with van der Waals surface area (Å²) in [6.45, 7) is 0.673. The van der Waals surface area contributed by atoms with Crippen molar-refractivity contribution in [3.8, 4) is 0 Å². The Morgan fingerprint density at radius 3 is 2.40 bits per heavy atom. The van der Waals surface area contributed by atoms with Gasteiger partial charge in [-0.05, 0) is 23.3 Å². The molecule has 1 heterocycles. The zero-order valence-electron chi connectivity index (χ0n) is 13.5. The molecule has 2 unspecified atom stereocenters. The monoisotopic (exact) mass is 403 g/mol. The Hall–Kier alpha value is -2.34. The van der Waals surface area contributed by atoms with Gasteiger partial charge < -0.3 is 14.7 Å². The number of rotatable bonds is 4. The van der Waals surface area contributed by atoms with Crippen molar-refractivity contribution in [1.82, 2.24) is 4.90 Å². The van der Waals surface area contributed by atoms with Gasteiger partial charge in [0.05, 0.1) is 5.92 Å². The fourth-order valence-electron chi connectivity index (χ4n) is 3.06. The van der Waals surface area contributed by atoms with Gasteiger partial charge in [-0.2, -0.15) is 0 Å². The number of likely N-dealkylation sites (tertiary alicyclic amines) is 1. The van der Waals surface area contributed by atoms with Crippen LogP contribution in [0.2, 0.25) is 0 Å². The van der Waals surface area contributed by atoms with Gasteiger partial charge in [-0.15, -0.1) is 0 Å². The molecule has 6 heteroatoms. The van der Waals surface area contributed by atoms with Crippen LogP contribution in [0.15, 0.2) is 59.1 Å². The summed E-state index contributed by atoms with van der Waals surface area (Å²) in [7, 11) is 0. The summed E-state index contributed by atoms with van der Waals surface area (Å²) in [6.07, 6.45) is -0.477. The molecule has 5 nitrogen and oxygen atoms in total. The van der Waals surface area contributed by atoms with Gasteiger partial charge in [-0.1, -0.05) is 58.4 Å². The van der Waals surface area contributed by atoms with Gasteiger partial charge in [0.25, 0.3) is 0 Å². The number of hydrogen-bond acceptors (Lipinski definition) is 3. The van der Waals surface area contributed by atoms with Gasteiger partial charge in [0.1, 0.15) is 6.61 Å². The predicted octanol–water partition coefficient (Wildman–Crippen LogP) is 3.89. The first kappa shape index (κ1) is 17.5. The van der Waals surface area contributed by atoms with Crippen molar-refractivity contribution in [3.05, 3.63) is 70.2 Å². The molecule has 1 fully saturated rings. The van der Waals surface area contributed by atoms with Crippen molar-refractivity contribution in [2.45, 2.75) is 12.5 Å². The SMILES string of the molecule is O=C(O)C1CN(C(=O)OCc2ccccc2)CC1c1ccc(Br)cc1. The Balaban J connectivity index is 1.68. The van der Waals surface area contributed by atoms with E-state index < -0.39 is 18.0 Å². The average molecular weight is 404 g/mol. The lowest BCUT2D eigenvalue weighted by molar-refractivity contribution is -0.141. The minimum Gasteiger partial charge on any atom is -0.481 e. The smallest absolute Gasteiger partial charge is 0.410 e. The quantitative estimate of drug-likeness (QED) is 0.840. The van der Waals surface area contributed by atoms with Gasteiger partial charge >= 0.3 is 12.1 Å². The topological polar surface area (TPSA) is 66.8 Å². The molecule has 2 aromatic carbocycles. The molecule has 1 saturated heterocycles. The van der Waals surface area contributed by atoms with E-state index in [1.807, 2.05) is 54.6 Å². The molecule has 2 aromatic rings. The molecule has 25 heavy (non-hydrogen) atoms. The number of aliphatic carboxylic acids is 1. The number of ether oxygens (including phenoxy) is 1. The molecular formula is C19H18BrNO4. The summed E-state index contributed by atoms with van der Waals surface area (Å²) in [5, 5.41) is 9.52. The average Bonchev–Trinajstić information content (AvgIpc) is 3.07. The number of halogens is 1. The third-order valence-corrected chi connectivity index (χ3v) is 4.93. The highest BCUT2D eigenvalue weighted by Crippen LogP contribution is 2.34. The number of benzene rings is 2. The molecule has 2 atom stereocenters. The summed E-state index contributed by atoms with van der Waals surface area (Å²) < 4.78 is 6.26. The van der Waals surface area contributed by atoms with Crippen LogP contribution in [-0.4, -0.2) is 35.2 Å². The van der Waals surface area contributed by atoms with Crippen LogP contribution in [0.3, 0.4) is 0 Å². The maximum absolute atomic E-state index is 12.3. The molecule has 0 aliphatic carbocycles. The molecule has 1 aliphatic heterocycles. The zero-order valence-corrected chi connectivity index (χ0v) is 15.1. The second-order valence-electron chi connectivity index (χ2n) is 6.05. The van der Waals surface area contributed by atoms with Crippen molar-refractivity contribution in [2.24, 2.45) is 5.92 Å². The number of carboxylic acid groups (broad SMARTS) is 1. The van der Waals surface area contributed by atoms with E-state index in [0.29, 0.717) is 6.54 Å². The molecular weight excluding hydrogens is 386 g/mol. The second-order valence-corrected chi connectivity index (χ2v) is 6.96. The summed E-state index contributed by atoms with van der Waals surface area (Å²) in [6, 6.07) is 16.9. The zero-order chi connectivity index (χ0) is 17.8. The van der Waals surface area contributed by atoms with Crippen LogP contribution in [0, 0.1) is 5.92 Å². The molecule has 1 amide bonds. The van der Waals surface area contributed by atoms with Crippen LogP contribution in [0.4, 0.5) is 4.79 Å². The molecule has 0 bridgehead atoms. The third kappa shape index (κ3) is 4.20. The van der Waals surface area contributed by atoms with Crippen molar-refractivity contribution in [1.29, 1.82) is 0 Å². The fraction of sp³-hybridized carbons (Fsp3) is 0.263. The van der Waals surface area contributed by atoms with E-state index in [-0.39, 0.29) is 19.1 Å². The van der Waals surface area contributed by atoms with E-state index in [0.717, 1.165) is 15.6 Å². The number of nitrogens with zero attached hydrogens (tertiary/aromatic N) is 1. The van der Waals surface area contributed by atoms with Gasteiger partial charge in [-0.25, -0.2) is 4.79 Å². The normalized spacial score (nSPS) is 19.6. The Morgan fingerprint density at radius 2 is 1.76 bits per heavy atom. The highest BCUT2D eigenvalue weighted by atomic mass is 79.9. The number of carbonyl (C=O) groups excluding carboxylic acids is 1. The van der Waals surface area contributed by atoms with Gasteiger partial charge in [-0.3, -0.25) is 4.79 Å². The Kier molecular flexibility index (Phi) is 5.38. The summed E-state index contributed by atoms with van der Waals surface area (Å²) >= 11 is 3.38. The third-order valence-electron chi connectivity index (χ3n) is 4.40. The first-order valence-electron chi connectivity index (χ1n) is 7.98. The van der Waals surface area contributed by atoms with Gasteiger partial charge in [0, 0.05) is 23.5 Å². The molecule has 0 spiro atoms. The summed E-state index contributed by atoms with van der Waals surface area (Å²) in [5.41, 5.74) is 1.81. The van der Waals surface area contributed by atoms with Crippen LogP contribution < -0.4 is 0 Å². The van der Waals surface area contributed by atoms with Crippen LogP contribution in [0.1, 0.15) is 17.0 Å². The van der Waals surface area contributed by atoms with Crippen LogP contribution in [-0.2, 0) is 16.1 Å². The lowest BCUT2D eigenvalue weighted by atomic mass is 9.89. The first-order valence-corrected chi connectivity index (χ1v) is 8.78. The molecule has 130 valence electrons. The van der Waals surface area contributed by atoms with Crippen molar-refractivity contribution >= 4 is 28.0 Å². The number of carboxylic acids is 1. The highest BCUT2D eigenvalue weighted by Gasteiger charge is 2.41. The molecule has 0 saturated carbocycles. The lowest BCUT2D eigenvalue weighted by Gasteiger charge is -2.16. The highest BCUT2D eigenvalue weighted by molar-refractivity contribution is 9.10. The van der Waals surface area contributed by atoms with Crippen molar-refractivity contribution < 1.29 is 19.4 Å². The van der Waals surface area contributed by atoms with E-state index in [1.54, 1.807) is 0 Å². The van der Waals surface area contributed by atoms with E-state index in [4.69, 9.17) is 4.74 Å². The Bertz CT molecular complexity index is 748. The Morgan fingerprint density at radius 1 is 1.08 bits per heavy atom. The molecule has 1 aliphatic rings. The van der Waals surface area contributed by atoms with Crippen molar-refractivity contribution in [2.75, 3.05) is 13.1 Å². The van der Waals surface area contributed by atoms with E-state index in [1.165, 1.54) is 4.90 Å². The van der Waals surface area contributed by atoms with Gasteiger partial charge in [0.15, 0.2) is 0 Å². The molecule has 0 aromatic heterocycles. The number of carbonyl (C=O) groups is 2. The molecule has 0 radical (unpaired) electrons. The maximum Gasteiger partial charge on any atom is 0.410 e. The number of hydrogen-bond donors (Lipinski definition) is 1. The molecule has 1 N–H and O–H groups in total. The second kappa shape index (κ2) is 7.70. The van der Waals surface area contributed by atoms with Crippen LogP contribution >= 0.6 is 15.9 Å². The summed E-state index contributed by atoms with van der Waals surface area (Å²) in [5.74, 6) is -1.77. The largest absolute Gasteiger partial charge is 0.481 e. The maximum atomic E-state index is 12.3. The minimum absolute atomic E-state index is 0.156. The summed E-state index contributed by atoms with van der Waals surface area (Å²) in [4.78, 5) is 25.4. The predicted molar refractivity (Wildman–Crippen MR) is 96.2 cm³/mol. The first-order chi connectivity index (χ1) is 12.0. The van der Waals surface area contributed by atoms with Gasteiger partial charge in [0.2, 0.25) is 0 Å². The number of amides is 1. The van der Waals surface area contributed by atoms with Crippen molar-refractivity contribution in [3.63, 3.8) is 0 Å². The Labute approximate surface area is 154 Å². The van der Waals surface area contributed by atoms with Crippen LogP contribution in [0.25, 0.3) is 0 Å². The van der Waals surface area contributed by atoms with Crippen LogP contribution in [0.5, 0.6) is 0 Å². The minimum atomic E-state index is -0.897. The van der Waals surface area contributed by atoms with E-state index in [9.17, 15) is 14.7 Å². The standard InChI is InChI=1S/C19H18BrNO4/c20-15-8-6-14(7-9-15)16-10-21(11-17(16)18(22)23)19(24)25-12-13-4-2-1-3-5-13/h1-9,16-17H,10-12H2,(H,22,23). The van der Waals surface area contributed by atoms with E-state index in [2.05, 4.69) is 15.9 Å². The fourth-order valence-corrected chi connectivity index (χ4v) is 3.33. The molecule has 3 rings (SSSR count).